The molecule has 0 aromatic heterocycles. The van der Waals surface area contributed by atoms with Crippen molar-refractivity contribution in [2.24, 2.45) is 5.41 Å². The number of rotatable bonds is 14. The summed E-state index contributed by atoms with van der Waals surface area (Å²) in [6, 6.07) is -2.80. The number of carbonyl (C=O) groups excluding carboxylic acids is 2. The van der Waals surface area contributed by atoms with E-state index in [0.717, 1.165) is 6.92 Å². The van der Waals surface area contributed by atoms with Crippen LogP contribution in [0.4, 0.5) is 0 Å². The number of carboxylic acids is 1. The van der Waals surface area contributed by atoms with Crippen molar-refractivity contribution in [3.8, 4) is 0 Å². The van der Waals surface area contributed by atoms with Crippen LogP contribution in [0.25, 0.3) is 0 Å². The Balaban J connectivity index is 1.76. The van der Waals surface area contributed by atoms with E-state index in [4.69, 9.17) is 33.2 Å². The zero-order valence-corrected chi connectivity index (χ0v) is 33.3. The summed E-state index contributed by atoms with van der Waals surface area (Å²) in [6.07, 6.45) is -33.0. The minimum absolute atomic E-state index is 0.605. The van der Waals surface area contributed by atoms with E-state index in [-0.39, 0.29) is 0 Å². The monoisotopic (exact) mass is 860 g/mol. The summed E-state index contributed by atoms with van der Waals surface area (Å²) in [7, 11) is 0. The Kier molecular flexibility index (Phi) is 16.6. The second kappa shape index (κ2) is 19.8. The summed E-state index contributed by atoms with van der Waals surface area (Å²) < 4.78 is 41.4. The molecule has 0 aromatic carbocycles. The Morgan fingerprint density at radius 3 is 1.83 bits per heavy atom. The maximum atomic E-state index is 13.0. The van der Waals surface area contributed by atoms with Gasteiger partial charge in [0.05, 0.1) is 50.2 Å². The lowest BCUT2D eigenvalue weighted by Gasteiger charge is -2.53. The number of carbonyl (C=O) groups is 3. The van der Waals surface area contributed by atoms with Crippen molar-refractivity contribution < 1.29 is 109 Å². The normalized spacial score (nSPS) is 44.3. The predicted molar refractivity (Wildman–Crippen MR) is 190 cm³/mol. The number of aliphatic carboxylic acids is 1. The second-order valence-electron chi connectivity index (χ2n) is 16.4. The highest BCUT2D eigenvalue weighted by Crippen LogP contribution is 2.41. The Bertz CT molecular complexity index is 1420. The van der Waals surface area contributed by atoms with E-state index in [0.29, 0.717) is 0 Å². The lowest BCUT2D eigenvalue weighted by molar-refractivity contribution is -0.387. The van der Waals surface area contributed by atoms with Crippen LogP contribution in [0.1, 0.15) is 48.0 Å². The molecule has 59 heavy (non-hydrogen) atoms. The topological polar surface area (TPSA) is 383 Å². The zero-order valence-electron chi connectivity index (χ0n) is 33.3. The highest BCUT2D eigenvalue weighted by molar-refractivity contribution is 5.76. The van der Waals surface area contributed by atoms with E-state index in [1.54, 1.807) is 20.8 Å². The fourth-order valence-corrected chi connectivity index (χ4v) is 7.76. The first-order valence-electron chi connectivity index (χ1n) is 19.1. The minimum atomic E-state index is -3.09. The van der Waals surface area contributed by atoms with Gasteiger partial charge in [-0.05, 0) is 12.3 Å². The maximum Gasteiger partial charge on any atom is 0.364 e. The van der Waals surface area contributed by atoms with Crippen LogP contribution in [-0.4, -0.2) is 227 Å². The largest absolute Gasteiger partial charge is 0.477 e. The fourth-order valence-electron chi connectivity index (χ4n) is 7.76. The molecule has 14 N–H and O–H groups in total. The molecule has 4 aliphatic rings. The number of carboxylic acid groups (broad SMARTS) is 1. The molecular formula is C35H60N2O22. The first-order valence-corrected chi connectivity index (χ1v) is 19.1. The summed E-state index contributed by atoms with van der Waals surface area (Å²) >= 11 is 0. The van der Waals surface area contributed by atoms with Gasteiger partial charge in [0.1, 0.15) is 79.4 Å². The van der Waals surface area contributed by atoms with Crippen LogP contribution in [0.5, 0.6) is 0 Å². The van der Waals surface area contributed by atoms with Gasteiger partial charge in [-0.15, -0.1) is 0 Å². The molecule has 4 rings (SSSR count). The molecule has 2 amide bonds. The van der Waals surface area contributed by atoms with E-state index < -0.39 is 178 Å². The number of amides is 2. The molecule has 4 saturated heterocycles. The van der Waals surface area contributed by atoms with Crippen molar-refractivity contribution in [3.05, 3.63) is 0 Å². The first kappa shape index (κ1) is 49.3. The zero-order chi connectivity index (χ0) is 44.5. The second-order valence-corrected chi connectivity index (χ2v) is 16.4. The third kappa shape index (κ3) is 10.7. The molecule has 4 aliphatic heterocycles. The molecule has 0 aromatic rings. The molecule has 4 fully saturated rings. The van der Waals surface area contributed by atoms with Crippen molar-refractivity contribution in [1.29, 1.82) is 0 Å². The van der Waals surface area contributed by atoms with Crippen molar-refractivity contribution in [1.82, 2.24) is 10.6 Å². The number of hydrogen-bond donors (Lipinski definition) is 14. The van der Waals surface area contributed by atoms with Crippen LogP contribution in [0.2, 0.25) is 0 Å². The van der Waals surface area contributed by atoms with Crippen LogP contribution in [0.15, 0.2) is 0 Å². The molecule has 0 radical (unpaired) electrons. The molecule has 342 valence electrons. The SMILES string of the molecule is CC(=O)NC1C(O)CC(OC2C(O)C(CO)OC(OC3C(CO)OC(C(C)(C)C)C(NC(C)=O)C3OC3OC(C)C(O)C(O)C3O)C2O)(C(=O)O)OC1C(O)C(O)CO. The quantitative estimate of drug-likeness (QED) is 0.0771. The van der Waals surface area contributed by atoms with Gasteiger partial charge in [-0.3, -0.25) is 9.59 Å². The van der Waals surface area contributed by atoms with Gasteiger partial charge in [0.15, 0.2) is 12.6 Å². The van der Waals surface area contributed by atoms with Crippen LogP contribution in [0.3, 0.4) is 0 Å². The molecule has 4 heterocycles. The van der Waals surface area contributed by atoms with E-state index in [1.165, 1.54) is 13.8 Å². The summed E-state index contributed by atoms with van der Waals surface area (Å²) in [4.78, 5) is 37.6. The summed E-state index contributed by atoms with van der Waals surface area (Å²) in [5.74, 6) is -6.46. The van der Waals surface area contributed by atoms with Crippen molar-refractivity contribution in [2.45, 2.75) is 176 Å². The standard InChI is InChI=1S/C35H60N2O22/c1-11-20(45)23(48)24(49)31(53-11)57-28-19(37-13(3)42)30(34(4,5)6)54-17(10-40)26(28)56-32-25(50)29(22(47)16(9-39)55-32)59-35(33(51)52)7-14(43)18(36-12(2)41)27(58-35)21(46)15(44)8-38/h11,14-32,38-40,43-50H,7-10H2,1-6H3,(H,36,41)(H,37,42)(H,51,52). The van der Waals surface area contributed by atoms with E-state index in [9.17, 15) is 75.7 Å². The van der Waals surface area contributed by atoms with E-state index >= 15 is 0 Å². The third-order valence-electron chi connectivity index (χ3n) is 10.8. The highest BCUT2D eigenvalue weighted by Gasteiger charge is 2.61. The van der Waals surface area contributed by atoms with Crippen LogP contribution < -0.4 is 10.6 Å². The van der Waals surface area contributed by atoms with Crippen molar-refractivity contribution in [2.75, 3.05) is 19.8 Å². The summed E-state index contributed by atoms with van der Waals surface area (Å²) in [5.41, 5.74) is -0.818. The van der Waals surface area contributed by atoms with Gasteiger partial charge in [-0.25, -0.2) is 4.79 Å². The van der Waals surface area contributed by atoms with Crippen LogP contribution in [0, 0.1) is 5.41 Å². The molecule has 24 heteroatoms. The smallest absolute Gasteiger partial charge is 0.364 e. The number of hydrogen-bond acceptors (Lipinski definition) is 21. The molecular weight excluding hydrogens is 800 g/mol. The van der Waals surface area contributed by atoms with E-state index in [2.05, 4.69) is 10.6 Å². The first-order chi connectivity index (χ1) is 27.4. The van der Waals surface area contributed by atoms with Gasteiger partial charge >= 0.3 is 5.97 Å². The van der Waals surface area contributed by atoms with Gasteiger partial charge in [0, 0.05) is 20.3 Å². The average molecular weight is 861 g/mol. The minimum Gasteiger partial charge on any atom is -0.477 e. The lowest BCUT2D eigenvalue weighted by Crippen LogP contribution is -2.72. The number of nitrogens with one attached hydrogen (secondary N) is 2. The molecule has 24 nitrogen and oxygen atoms in total. The summed E-state index contributed by atoms with van der Waals surface area (Å²) in [5, 5.41) is 133. The van der Waals surface area contributed by atoms with Gasteiger partial charge in [0.2, 0.25) is 11.8 Å². The Hall–Kier alpha value is -2.31. The Labute approximate surface area is 338 Å². The number of aliphatic hydroxyl groups is 11. The third-order valence-corrected chi connectivity index (χ3v) is 10.8. The average Bonchev–Trinajstić information content (AvgIpc) is 3.15. The van der Waals surface area contributed by atoms with Crippen molar-refractivity contribution >= 4 is 17.8 Å². The van der Waals surface area contributed by atoms with Gasteiger partial charge in [-0.1, -0.05) is 20.8 Å². The fraction of sp³-hybridized carbons (Fsp3) is 0.914. The molecule has 0 bridgehead atoms. The molecule has 21 unspecified atom stereocenters. The van der Waals surface area contributed by atoms with Crippen LogP contribution in [-0.2, 0) is 47.5 Å². The van der Waals surface area contributed by atoms with Gasteiger partial charge in [0.25, 0.3) is 5.79 Å². The Morgan fingerprint density at radius 1 is 0.746 bits per heavy atom. The highest BCUT2D eigenvalue weighted by atomic mass is 16.8. The van der Waals surface area contributed by atoms with Crippen LogP contribution >= 0.6 is 0 Å². The number of aliphatic hydroxyl groups excluding tert-OH is 11. The molecule has 0 spiro atoms. The van der Waals surface area contributed by atoms with Gasteiger partial charge in [-0.2, -0.15) is 0 Å². The predicted octanol–water partition coefficient (Wildman–Crippen LogP) is -7.13. The van der Waals surface area contributed by atoms with E-state index in [1.807, 2.05) is 0 Å². The van der Waals surface area contributed by atoms with Gasteiger partial charge < -0.3 is 105 Å². The summed E-state index contributed by atoms with van der Waals surface area (Å²) in [6.45, 7) is 5.91. The molecule has 21 atom stereocenters. The Morgan fingerprint density at radius 2 is 1.31 bits per heavy atom. The molecule has 0 saturated carbocycles. The molecule has 0 aliphatic carbocycles. The van der Waals surface area contributed by atoms with Crippen molar-refractivity contribution in [3.63, 3.8) is 0 Å². The lowest BCUT2D eigenvalue weighted by atomic mass is 9.78. The number of ether oxygens (including phenoxy) is 7. The maximum absolute atomic E-state index is 13.0.